The second-order valence-electron chi connectivity index (χ2n) is 7.88. The molecule has 4 rings (SSSR count). The predicted molar refractivity (Wildman–Crippen MR) is 130 cm³/mol. The van der Waals surface area contributed by atoms with E-state index in [4.69, 9.17) is 9.47 Å². The van der Waals surface area contributed by atoms with Gasteiger partial charge in [0.2, 0.25) is 5.91 Å². The topological polar surface area (TPSA) is 97.3 Å². The van der Waals surface area contributed by atoms with Gasteiger partial charge in [0.05, 0.1) is 30.9 Å². The van der Waals surface area contributed by atoms with Gasteiger partial charge in [-0.15, -0.1) is 0 Å². The third-order valence-corrected chi connectivity index (χ3v) is 7.02. The lowest BCUT2D eigenvalue weighted by Gasteiger charge is -2.20. The van der Waals surface area contributed by atoms with Gasteiger partial charge in [-0.1, -0.05) is 24.3 Å². The summed E-state index contributed by atoms with van der Waals surface area (Å²) in [5.41, 5.74) is 2.69. The molecule has 0 aromatic heterocycles. The summed E-state index contributed by atoms with van der Waals surface area (Å²) in [7, 11) is -1.11. The third kappa shape index (κ3) is 5.12. The molecule has 1 atom stereocenters. The molecular weight excluding hydrogens is 473 g/mol. The Labute approximate surface area is 203 Å². The molecule has 182 valence electrons. The zero-order chi connectivity index (χ0) is 25.2. The average molecular weight is 498 g/mol. The van der Waals surface area contributed by atoms with Gasteiger partial charge in [-0.05, 0) is 53.6 Å². The minimum atomic E-state index is -4.00. The normalized spacial score (nSPS) is 15.5. The van der Waals surface area contributed by atoms with Gasteiger partial charge in [-0.2, -0.15) is 5.10 Å². The highest BCUT2D eigenvalue weighted by atomic mass is 32.2. The van der Waals surface area contributed by atoms with Crippen LogP contribution < -0.4 is 14.2 Å². The third-order valence-electron chi connectivity index (χ3n) is 5.64. The van der Waals surface area contributed by atoms with Crippen LogP contribution in [-0.2, 0) is 14.8 Å². The number of carbonyl (C=O) groups is 1. The molecule has 0 bridgehead atoms. The molecular formula is C25H24FN3O5S. The monoisotopic (exact) mass is 497 g/mol. The number of methoxy groups -OCH3 is 2. The van der Waals surface area contributed by atoms with E-state index in [-0.39, 0.29) is 22.6 Å². The van der Waals surface area contributed by atoms with Gasteiger partial charge in [-0.25, -0.2) is 17.8 Å². The fourth-order valence-electron chi connectivity index (χ4n) is 3.82. The maximum absolute atomic E-state index is 14.0. The Morgan fingerprint density at radius 1 is 1.03 bits per heavy atom. The van der Waals surface area contributed by atoms with Crippen LogP contribution >= 0.6 is 0 Å². The zero-order valence-electron chi connectivity index (χ0n) is 19.4. The number of nitrogens with zero attached hydrogens (tertiary/aromatic N) is 2. The number of hydrogen-bond acceptors (Lipinski definition) is 6. The van der Waals surface area contributed by atoms with Crippen LogP contribution in [0.2, 0.25) is 0 Å². The molecule has 3 aromatic carbocycles. The van der Waals surface area contributed by atoms with Gasteiger partial charge in [0, 0.05) is 19.0 Å². The molecule has 0 saturated heterocycles. The van der Waals surface area contributed by atoms with Crippen molar-refractivity contribution in [3.05, 3.63) is 83.7 Å². The molecule has 35 heavy (non-hydrogen) atoms. The number of sulfonamides is 1. The second kappa shape index (κ2) is 9.75. The van der Waals surface area contributed by atoms with Crippen LogP contribution in [0, 0.1) is 5.82 Å². The number of carbonyl (C=O) groups excluding carboxylic acids is 1. The van der Waals surface area contributed by atoms with Crippen LogP contribution in [0.25, 0.3) is 0 Å². The predicted octanol–water partition coefficient (Wildman–Crippen LogP) is 4.34. The minimum absolute atomic E-state index is 0.0433. The Bertz CT molecular complexity index is 1370. The molecule has 1 unspecified atom stereocenters. The molecule has 1 aliphatic rings. The summed E-state index contributed by atoms with van der Waals surface area (Å²) < 4.78 is 51.8. The van der Waals surface area contributed by atoms with Gasteiger partial charge in [-0.3, -0.25) is 9.52 Å². The van der Waals surface area contributed by atoms with Gasteiger partial charge in [0.1, 0.15) is 5.75 Å². The first-order chi connectivity index (χ1) is 16.7. The van der Waals surface area contributed by atoms with Gasteiger partial charge < -0.3 is 9.47 Å². The highest BCUT2D eigenvalue weighted by Gasteiger charge is 2.31. The Morgan fingerprint density at radius 2 is 1.71 bits per heavy atom. The van der Waals surface area contributed by atoms with E-state index in [1.165, 1.54) is 31.2 Å². The number of hydrogen-bond donors (Lipinski definition) is 1. The van der Waals surface area contributed by atoms with Crippen molar-refractivity contribution < 1.29 is 27.1 Å². The van der Waals surface area contributed by atoms with Crippen molar-refractivity contribution in [1.29, 1.82) is 0 Å². The van der Waals surface area contributed by atoms with E-state index >= 15 is 0 Å². The molecule has 1 N–H and O–H groups in total. The molecule has 0 aliphatic carbocycles. The number of halogens is 1. The number of rotatable bonds is 7. The van der Waals surface area contributed by atoms with Crippen molar-refractivity contribution in [2.24, 2.45) is 5.10 Å². The standard InChI is InChI=1S/C25H24FN3O5S/c1-16(30)29-24(18-6-10-20(33-2)11-7-18)15-23(27-29)17-4-8-19(9-5-17)28-35(31,32)21-12-13-25(34-3)22(26)14-21/h4-14,24,28H,15H2,1-3H3. The summed E-state index contributed by atoms with van der Waals surface area (Å²) in [6, 6.07) is 17.3. The molecule has 1 aliphatic heterocycles. The van der Waals surface area contributed by atoms with Crippen molar-refractivity contribution in [2.75, 3.05) is 18.9 Å². The van der Waals surface area contributed by atoms with Crippen molar-refractivity contribution in [2.45, 2.75) is 24.3 Å². The van der Waals surface area contributed by atoms with Crippen LogP contribution in [0.1, 0.15) is 30.5 Å². The smallest absolute Gasteiger partial charge is 0.262 e. The molecule has 10 heteroatoms. The summed E-state index contributed by atoms with van der Waals surface area (Å²) in [5, 5.41) is 5.96. The van der Waals surface area contributed by atoms with E-state index < -0.39 is 15.8 Å². The van der Waals surface area contributed by atoms with Crippen molar-refractivity contribution in [3.63, 3.8) is 0 Å². The fourth-order valence-corrected chi connectivity index (χ4v) is 4.89. The minimum Gasteiger partial charge on any atom is -0.497 e. The van der Waals surface area contributed by atoms with Crippen LogP contribution in [0.15, 0.2) is 76.7 Å². The molecule has 3 aromatic rings. The zero-order valence-corrected chi connectivity index (χ0v) is 20.2. The number of ether oxygens (including phenoxy) is 2. The Kier molecular flexibility index (Phi) is 6.74. The summed E-state index contributed by atoms with van der Waals surface area (Å²) in [6.45, 7) is 1.46. The SMILES string of the molecule is COc1ccc(C2CC(c3ccc(NS(=O)(=O)c4ccc(OC)c(F)c4)cc3)=NN2C(C)=O)cc1. The van der Waals surface area contributed by atoms with Crippen molar-refractivity contribution >= 4 is 27.3 Å². The number of nitrogens with one attached hydrogen (secondary N) is 1. The summed E-state index contributed by atoms with van der Waals surface area (Å²) in [6.07, 6.45) is 0.502. The van der Waals surface area contributed by atoms with Crippen LogP contribution in [0.4, 0.5) is 10.1 Å². The highest BCUT2D eigenvalue weighted by molar-refractivity contribution is 7.92. The Morgan fingerprint density at radius 3 is 2.29 bits per heavy atom. The second-order valence-corrected chi connectivity index (χ2v) is 9.56. The molecule has 0 radical (unpaired) electrons. The van der Waals surface area contributed by atoms with Crippen LogP contribution in [0.5, 0.6) is 11.5 Å². The number of benzene rings is 3. The largest absolute Gasteiger partial charge is 0.497 e. The average Bonchev–Trinajstić information content (AvgIpc) is 3.30. The van der Waals surface area contributed by atoms with E-state index in [1.807, 2.05) is 24.3 Å². The maximum atomic E-state index is 14.0. The lowest BCUT2D eigenvalue weighted by molar-refractivity contribution is -0.130. The number of amides is 1. The summed E-state index contributed by atoms with van der Waals surface area (Å²) >= 11 is 0. The quantitative estimate of drug-likeness (QED) is 0.524. The van der Waals surface area contributed by atoms with E-state index in [1.54, 1.807) is 31.4 Å². The van der Waals surface area contributed by atoms with E-state index in [2.05, 4.69) is 9.82 Å². The molecule has 0 spiro atoms. The molecule has 0 saturated carbocycles. The maximum Gasteiger partial charge on any atom is 0.262 e. The van der Waals surface area contributed by atoms with Crippen LogP contribution in [0.3, 0.4) is 0 Å². The van der Waals surface area contributed by atoms with Gasteiger partial charge >= 0.3 is 0 Å². The van der Waals surface area contributed by atoms with Crippen molar-refractivity contribution in [3.8, 4) is 11.5 Å². The number of anilines is 1. The lowest BCUT2D eigenvalue weighted by atomic mass is 9.98. The van der Waals surface area contributed by atoms with E-state index in [0.29, 0.717) is 17.8 Å². The first-order valence-corrected chi connectivity index (χ1v) is 12.2. The first kappa shape index (κ1) is 24.2. The fraction of sp³-hybridized carbons (Fsp3) is 0.200. The van der Waals surface area contributed by atoms with Crippen LogP contribution in [-0.4, -0.2) is 39.3 Å². The molecule has 0 fully saturated rings. The number of hydrazone groups is 1. The lowest BCUT2D eigenvalue weighted by Crippen LogP contribution is -2.24. The van der Waals surface area contributed by atoms with Gasteiger partial charge in [0.25, 0.3) is 10.0 Å². The van der Waals surface area contributed by atoms with E-state index in [9.17, 15) is 17.6 Å². The highest BCUT2D eigenvalue weighted by Crippen LogP contribution is 2.34. The Hall–Kier alpha value is -3.92. The summed E-state index contributed by atoms with van der Waals surface area (Å²) in [4.78, 5) is 12.0. The first-order valence-electron chi connectivity index (χ1n) is 10.7. The Balaban J connectivity index is 1.52. The molecule has 1 amide bonds. The molecule has 8 nitrogen and oxygen atoms in total. The van der Waals surface area contributed by atoms with Gasteiger partial charge in [0.15, 0.2) is 11.6 Å². The van der Waals surface area contributed by atoms with E-state index in [0.717, 1.165) is 22.9 Å². The summed E-state index contributed by atoms with van der Waals surface area (Å²) in [5.74, 6) is -0.279. The van der Waals surface area contributed by atoms with Crippen molar-refractivity contribution in [1.82, 2.24) is 5.01 Å². The molecule has 1 heterocycles.